The number of hydrogen-bond donors (Lipinski definition) is 0. The van der Waals surface area contributed by atoms with Gasteiger partial charge in [-0.3, -0.25) is 0 Å². The van der Waals surface area contributed by atoms with Crippen LogP contribution >= 0.6 is 11.6 Å². The molecule has 0 amide bonds. The van der Waals surface area contributed by atoms with Crippen LogP contribution in [0.15, 0.2) is 12.1 Å². The fraction of sp³-hybridized carbons (Fsp3) is 0.333. The maximum atomic E-state index is 12.8. The van der Waals surface area contributed by atoms with Gasteiger partial charge >= 0.3 is 0 Å². The van der Waals surface area contributed by atoms with Gasteiger partial charge in [-0.1, -0.05) is 24.6 Å². The Hall–Kier alpha value is -0.560. The molecule has 2 heteroatoms. The molecule has 0 nitrogen and oxygen atoms in total. The van der Waals surface area contributed by atoms with E-state index in [0.717, 1.165) is 12.0 Å². The minimum atomic E-state index is -0.229. The molecule has 0 aliphatic rings. The van der Waals surface area contributed by atoms with E-state index in [1.54, 1.807) is 13.0 Å². The number of benzene rings is 1. The first-order valence-corrected chi connectivity index (χ1v) is 3.98. The van der Waals surface area contributed by atoms with Crippen molar-refractivity contribution in [2.75, 3.05) is 0 Å². The van der Waals surface area contributed by atoms with E-state index in [-0.39, 0.29) is 5.82 Å². The van der Waals surface area contributed by atoms with Gasteiger partial charge in [0.25, 0.3) is 0 Å². The Kier molecular flexibility index (Phi) is 2.50. The Labute approximate surface area is 71.0 Å². The Morgan fingerprint density at radius 2 is 2.09 bits per heavy atom. The summed E-state index contributed by atoms with van der Waals surface area (Å²) < 4.78 is 12.8. The van der Waals surface area contributed by atoms with Gasteiger partial charge in [-0.2, -0.15) is 0 Å². The fourth-order valence-corrected chi connectivity index (χ4v) is 1.28. The van der Waals surface area contributed by atoms with Crippen molar-refractivity contribution in [3.63, 3.8) is 0 Å². The number of aryl methyl sites for hydroxylation is 1. The first kappa shape index (κ1) is 8.54. The van der Waals surface area contributed by atoms with Gasteiger partial charge in [-0.15, -0.1) is 0 Å². The van der Waals surface area contributed by atoms with Gasteiger partial charge in [0, 0.05) is 10.6 Å². The van der Waals surface area contributed by atoms with Crippen LogP contribution in [0.3, 0.4) is 0 Å². The predicted octanol–water partition coefficient (Wildman–Crippen LogP) is 3.35. The van der Waals surface area contributed by atoms with Crippen molar-refractivity contribution in [1.29, 1.82) is 0 Å². The molecule has 0 atom stereocenters. The van der Waals surface area contributed by atoms with E-state index >= 15 is 0 Å². The average Bonchev–Trinajstić information content (AvgIpc) is 2.01. The van der Waals surface area contributed by atoms with Gasteiger partial charge < -0.3 is 0 Å². The summed E-state index contributed by atoms with van der Waals surface area (Å²) in [6.45, 7) is 3.69. The fourth-order valence-electron chi connectivity index (χ4n) is 0.991. The van der Waals surface area contributed by atoms with Crippen LogP contribution in [0.4, 0.5) is 4.39 Å². The third-order valence-corrected chi connectivity index (χ3v) is 2.31. The second kappa shape index (κ2) is 3.22. The van der Waals surface area contributed by atoms with Crippen LogP contribution in [-0.2, 0) is 6.42 Å². The summed E-state index contributed by atoms with van der Waals surface area (Å²) in [7, 11) is 0. The number of hydrogen-bond acceptors (Lipinski definition) is 0. The molecule has 0 bridgehead atoms. The molecule has 1 aromatic rings. The Bertz CT molecular complexity index is 269. The van der Waals surface area contributed by atoms with Crippen LogP contribution in [0.25, 0.3) is 0 Å². The molecule has 0 fully saturated rings. The van der Waals surface area contributed by atoms with E-state index in [1.807, 2.05) is 6.92 Å². The maximum absolute atomic E-state index is 12.8. The second-order valence-electron chi connectivity index (χ2n) is 2.50. The molecule has 1 aromatic carbocycles. The largest absolute Gasteiger partial charge is 0.207 e. The zero-order chi connectivity index (χ0) is 8.43. The van der Waals surface area contributed by atoms with E-state index in [2.05, 4.69) is 0 Å². The highest BCUT2D eigenvalue weighted by Crippen LogP contribution is 2.23. The van der Waals surface area contributed by atoms with E-state index < -0.39 is 0 Å². The molecule has 0 spiro atoms. The summed E-state index contributed by atoms with van der Waals surface area (Å²) in [5.41, 5.74) is 1.55. The normalized spacial score (nSPS) is 10.2. The van der Waals surface area contributed by atoms with Crippen LogP contribution < -0.4 is 0 Å². The molecular weight excluding hydrogens is 163 g/mol. The van der Waals surface area contributed by atoms with Crippen LogP contribution in [0.5, 0.6) is 0 Å². The van der Waals surface area contributed by atoms with E-state index in [1.165, 1.54) is 6.07 Å². The summed E-state index contributed by atoms with van der Waals surface area (Å²) in [5.74, 6) is -0.229. The van der Waals surface area contributed by atoms with Crippen molar-refractivity contribution in [2.24, 2.45) is 0 Å². The molecule has 0 saturated carbocycles. The first-order valence-electron chi connectivity index (χ1n) is 3.60. The molecule has 0 radical (unpaired) electrons. The Morgan fingerprint density at radius 1 is 1.45 bits per heavy atom. The third kappa shape index (κ3) is 1.54. The lowest BCUT2D eigenvalue weighted by Crippen LogP contribution is -1.89. The topological polar surface area (TPSA) is 0 Å². The lowest BCUT2D eigenvalue weighted by Gasteiger charge is -2.04. The second-order valence-corrected chi connectivity index (χ2v) is 2.88. The summed E-state index contributed by atoms with van der Waals surface area (Å²) in [6.07, 6.45) is 0.847. The van der Waals surface area contributed by atoms with Gasteiger partial charge in [0.15, 0.2) is 0 Å². The van der Waals surface area contributed by atoms with Crippen molar-refractivity contribution in [3.8, 4) is 0 Å². The van der Waals surface area contributed by atoms with Crippen LogP contribution in [-0.4, -0.2) is 0 Å². The Morgan fingerprint density at radius 3 is 2.64 bits per heavy atom. The monoisotopic (exact) mass is 172 g/mol. The van der Waals surface area contributed by atoms with Gasteiger partial charge in [0.2, 0.25) is 0 Å². The summed E-state index contributed by atoms with van der Waals surface area (Å²) in [5, 5.41) is 0.563. The highest BCUT2D eigenvalue weighted by atomic mass is 35.5. The van der Waals surface area contributed by atoms with Gasteiger partial charge in [-0.25, -0.2) is 4.39 Å². The highest BCUT2D eigenvalue weighted by Gasteiger charge is 2.05. The molecule has 0 heterocycles. The van der Waals surface area contributed by atoms with E-state index in [0.29, 0.717) is 10.6 Å². The van der Waals surface area contributed by atoms with E-state index in [4.69, 9.17) is 11.6 Å². The third-order valence-electron chi connectivity index (χ3n) is 1.78. The standard InChI is InChI=1S/C9H10ClF/c1-3-7-4-5-8(11)6(2)9(7)10/h4-5H,3H2,1-2H3. The molecule has 0 N–H and O–H groups in total. The Balaban J connectivity index is 3.25. The summed E-state index contributed by atoms with van der Waals surface area (Å²) in [6, 6.07) is 3.19. The number of rotatable bonds is 1. The van der Waals surface area contributed by atoms with Gasteiger partial charge in [0.05, 0.1) is 0 Å². The van der Waals surface area contributed by atoms with E-state index in [9.17, 15) is 4.39 Å². The first-order chi connectivity index (χ1) is 5.16. The van der Waals surface area contributed by atoms with Crippen molar-refractivity contribution >= 4 is 11.6 Å². The molecular formula is C9H10ClF. The van der Waals surface area contributed by atoms with Crippen molar-refractivity contribution in [1.82, 2.24) is 0 Å². The number of halogens is 2. The molecule has 0 aliphatic heterocycles. The van der Waals surface area contributed by atoms with Crippen LogP contribution in [0, 0.1) is 12.7 Å². The lowest BCUT2D eigenvalue weighted by molar-refractivity contribution is 0.618. The lowest BCUT2D eigenvalue weighted by atomic mass is 10.1. The predicted molar refractivity (Wildman–Crippen MR) is 45.5 cm³/mol. The minimum absolute atomic E-state index is 0.229. The molecule has 0 saturated heterocycles. The van der Waals surface area contributed by atoms with Gasteiger partial charge in [-0.05, 0) is 25.0 Å². The van der Waals surface area contributed by atoms with Crippen LogP contribution in [0.2, 0.25) is 5.02 Å². The van der Waals surface area contributed by atoms with Crippen molar-refractivity contribution < 1.29 is 4.39 Å². The van der Waals surface area contributed by atoms with Gasteiger partial charge in [0.1, 0.15) is 5.82 Å². The molecule has 60 valence electrons. The minimum Gasteiger partial charge on any atom is -0.207 e. The quantitative estimate of drug-likeness (QED) is 0.610. The summed E-state index contributed by atoms with van der Waals surface area (Å²) in [4.78, 5) is 0. The SMILES string of the molecule is CCc1ccc(F)c(C)c1Cl. The molecule has 0 unspecified atom stereocenters. The molecule has 0 aliphatic carbocycles. The summed E-state index contributed by atoms with van der Waals surface area (Å²) >= 11 is 5.86. The maximum Gasteiger partial charge on any atom is 0.127 e. The molecule has 11 heavy (non-hydrogen) atoms. The molecule has 0 aromatic heterocycles. The van der Waals surface area contributed by atoms with Crippen molar-refractivity contribution in [3.05, 3.63) is 34.1 Å². The van der Waals surface area contributed by atoms with Crippen molar-refractivity contribution in [2.45, 2.75) is 20.3 Å². The zero-order valence-corrected chi connectivity index (χ0v) is 7.37. The smallest absolute Gasteiger partial charge is 0.127 e. The van der Waals surface area contributed by atoms with Crippen LogP contribution in [0.1, 0.15) is 18.1 Å². The zero-order valence-electron chi connectivity index (χ0n) is 6.62. The molecule has 1 rings (SSSR count). The average molecular weight is 173 g/mol. The highest BCUT2D eigenvalue weighted by molar-refractivity contribution is 6.32.